The highest BCUT2D eigenvalue weighted by molar-refractivity contribution is 5.81. The number of carbonyl (C=O) groups is 1. The van der Waals surface area contributed by atoms with Crippen molar-refractivity contribution in [2.45, 2.75) is 71.6 Å². The van der Waals surface area contributed by atoms with Crippen molar-refractivity contribution in [1.82, 2.24) is 10.2 Å². The highest BCUT2D eigenvalue weighted by atomic mass is 16.3. The Kier molecular flexibility index (Phi) is 5.67. The lowest BCUT2D eigenvalue weighted by Crippen LogP contribution is -2.51. The molecule has 2 N–H and O–H groups in total. The zero-order valence-corrected chi connectivity index (χ0v) is 14.0. The van der Waals surface area contributed by atoms with E-state index in [1.807, 2.05) is 13.8 Å². The van der Waals surface area contributed by atoms with Gasteiger partial charge >= 0.3 is 0 Å². The Bertz CT molecular complexity index is 359. The fraction of sp³-hybridized carbons (Fsp3) is 0.941. The van der Waals surface area contributed by atoms with Crippen LogP contribution in [0.5, 0.6) is 0 Å². The second-order valence-corrected chi connectivity index (χ2v) is 7.34. The number of hydrogen-bond donors (Lipinski definition) is 2. The van der Waals surface area contributed by atoms with E-state index in [-0.39, 0.29) is 18.1 Å². The maximum Gasteiger partial charge on any atom is 0.237 e. The van der Waals surface area contributed by atoms with Gasteiger partial charge in [0, 0.05) is 12.6 Å². The van der Waals surface area contributed by atoms with Gasteiger partial charge in [-0.15, -0.1) is 0 Å². The molecule has 0 aromatic rings. The van der Waals surface area contributed by atoms with E-state index >= 15 is 0 Å². The van der Waals surface area contributed by atoms with Gasteiger partial charge in [-0.3, -0.25) is 9.69 Å². The monoisotopic (exact) mass is 296 g/mol. The number of nitrogens with one attached hydrogen (secondary N) is 1. The molecule has 1 heterocycles. The van der Waals surface area contributed by atoms with E-state index in [0.29, 0.717) is 23.8 Å². The van der Waals surface area contributed by atoms with Crippen molar-refractivity contribution in [3.8, 4) is 0 Å². The molecule has 0 spiro atoms. The summed E-state index contributed by atoms with van der Waals surface area (Å²) in [5.41, 5.74) is 0. The van der Waals surface area contributed by atoms with Crippen molar-refractivity contribution in [2.24, 2.45) is 17.8 Å². The summed E-state index contributed by atoms with van der Waals surface area (Å²) >= 11 is 0. The molecule has 4 heteroatoms. The molecule has 1 saturated carbocycles. The number of aliphatic hydroxyl groups is 1. The predicted molar refractivity (Wildman–Crippen MR) is 84.9 cm³/mol. The third-order valence-corrected chi connectivity index (χ3v) is 5.90. The lowest BCUT2D eigenvalue weighted by atomic mass is 9.78. The summed E-state index contributed by atoms with van der Waals surface area (Å²) in [7, 11) is 0. The normalized spacial score (nSPS) is 37.2. The van der Waals surface area contributed by atoms with E-state index in [4.69, 9.17) is 0 Å². The number of aliphatic hydroxyl groups excluding tert-OH is 1. The highest BCUT2D eigenvalue weighted by Gasteiger charge is 2.34. The summed E-state index contributed by atoms with van der Waals surface area (Å²) in [6, 6.07) is 0.247. The molecule has 21 heavy (non-hydrogen) atoms. The molecule has 122 valence electrons. The first-order valence-electron chi connectivity index (χ1n) is 8.62. The van der Waals surface area contributed by atoms with Crippen molar-refractivity contribution in [3.05, 3.63) is 0 Å². The lowest BCUT2D eigenvalue weighted by molar-refractivity contribution is -0.127. The Hall–Kier alpha value is -0.610. The molecule has 0 aromatic heterocycles. The first-order valence-corrected chi connectivity index (χ1v) is 8.62. The zero-order chi connectivity index (χ0) is 15.6. The van der Waals surface area contributed by atoms with E-state index in [9.17, 15) is 9.90 Å². The Balaban J connectivity index is 1.85. The van der Waals surface area contributed by atoms with Gasteiger partial charge in [0.15, 0.2) is 0 Å². The smallest absolute Gasteiger partial charge is 0.237 e. The summed E-state index contributed by atoms with van der Waals surface area (Å²) in [4.78, 5) is 14.7. The summed E-state index contributed by atoms with van der Waals surface area (Å²) in [5, 5.41) is 13.0. The molecule has 1 saturated heterocycles. The average molecular weight is 296 g/mol. The fourth-order valence-electron chi connectivity index (χ4n) is 3.82. The van der Waals surface area contributed by atoms with Gasteiger partial charge in [-0.25, -0.2) is 0 Å². The zero-order valence-electron chi connectivity index (χ0n) is 14.0. The van der Waals surface area contributed by atoms with Crippen LogP contribution in [0.1, 0.15) is 53.4 Å². The second-order valence-electron chi connectivity index (χ2n) is 7.34. The standard InChI is InChI=1S/C17H32N2O2/c1-11-6-5-7-16(12(11)2)18-17(21)13(3)19-9-8-15(10-19)14(4)20/h11-16,20H,5-10H2,1-4H3,(H,18,21). The molecule has 4 nitrogen and oxygen atoms in total. The third kappa shape index (κ3) is 3.98. The van der Waals surface area contributed by atoms with Crippen molar-refractivity contribution < 1.29 is 9.90 Å². The van der Waals surface area contributed by atoms with Crippen LogP contribution >= 0.6 is 0 Å². The lowest BCUT2D eigenvalue weighted by Gasteiger charge is -2.36. The van der Waals surface area contributed by atoms with Crippen LogP contribution in [0.3, 0.4) is 0 Å². The molecule has 0 aromatic carbocycles. The summed E-state index contributed by atoms with van der Waals surface area (Å²) in [6.45, 7) is 10.2. The Morgan fingerprint density at radius 3 is 2.57 bits per heavy atom. The van der Waals surface area contributed by atoms with E-state index in [1.165, 1.54) is 12.8 Å². The van der Waals surface area contributed by atoms with Gasteiger partial charge in [-0.2, -0.15) is 0 Å². The Morgan fingerprint density at radius 1 is 1.24 bits per heavy atom. The van der Waals surface area contributed by atoms with Gasteiger partial charge < -0.3 is 10.4 Å². The molecule has 2 rings (SSSR count). The Morgan fingerprint density at radius 2 is 1.95 bits per heavy atom. The Labute approximate surface area is 129 Å². The summed E-state index contributed by atoms with van der Waals surface area (Å²) in [5.74, 6) is 1.74. The summed E-state index contributed by atoms with van der Waals surface area (Å²) < 4.78 is 0. The number of likely N-dealkylation sites (tertiary alicyclic amines) is 1. The highest BCUT2D eigenvalue weighted by Crippen LogP contribution is 2.29. The average Bonchev–Trinajstić information content (AvgIpc) is 2.93. The minimum Gasteiger partial charge on any atom is -0.393 e. The molecule has 2 fully saturated rings. The third-order valence-electron chi connectivity index (χ3n) is 5.90. The molecular weight excluding hydrogens is 264 g/mol. The number of nitrogens with zero attached hydrogens (tertiary/aromatic N) is 1. The van der Waals surface area contributed by atoms with Crippen molar-refractivity contribution in [1.29, 1.82) is 0 Å². The molecule has 2 aliphatic rings. The van der Waals surface area contributed by atoms with E-state index < -0.39 is 0 Å². The van der Waals surface area contributed by atoms with E-state index in [0.717, 1.165) is 25.9 Å². The van der Waals surface area contributed by atoms with Crippen LogP contribution in [0.4, 0.5) is 0 Å². The minimum absolute atomic E-state index is 0.0850. The van der Waals surface area contributed by atoms with Crippen LogP contribution < -0.4 is 5.32 Å². The van der Waals surface area contributed by atoms with Crippen molar-refractivity contribution in [2.75, 3.05) is 13.1 Å². The molecule has 0 bridgehead atoms. The molecule has 6 unspecified atom stereocenters. The van der Waals surface area contributed by atoms with Crippen LogP contribution in [-0.4, -0.2) is 47.2 Å². The fourth-order valence-corrected chi connectivity index (χ4v) is 3.82. The topological polar surface area (TPSA) is 52.6 Å². The van der Waals surface area contributed by atoms with Crippen molar-refractivity contribution in [3.63, 3.8) is 0 Å². The molecule has 1 aliphatic carbocycles. The van der Waals surface area contributed by atoms with Gasteiger partial charge in [-0.1, -0.05) is 26.7 Å². The van der Waals surface area contributed by atoms with Crippen molar-refractivity contribution >= 4 is 5.91 Å². The molecular formula is C17H32N2O2. The van der Waals surface area contributed by atoms with Crippen LogP contribution in [0, 0.1) is 17.8 Å². The molecule has 0 radical (unpaired) electrons. The van der Waals surface area contributed by atoms with E-state index in [1.54, 1.807) is 0 Å². The van der Waals surface area contributed by atoms with Crippen LogP contribution in [0.15, 0.2) is 0 Å². The van der Waals surface area contributed by atoms with Gasteiger partial charge in [0.1, 0.15) is 0 Å². The van der Waals surface area contributed by atoms with Gasteiger partial charge in [0.2, 0.25) is 5.91 Å². The van der Waals surface area contributed by atoms with E-state index in [2.05, 4.69) is 24.1 Å². The van der Waals surface area contributed by atoms with Gasteiger partial charge in [0.05, 0.1) is 12.1 Å². The molecule has 1 aliphatic heterocycles. The van der Waals surface area contributed by atoms with Crippen LogP contribution in [0.25, 0.3) is 0 Å². The van der Waals surface area contributed by atoms with Gasteiger partial charge in [-0.05, 0) is 51.0 Å². The van der Waals surface area contributed by atoms with Crippen LogP contribution in [-0.2, 0) is 4.79 Å². The van der Waals surface area contributed by atoms with Crippen LogP contribution in [0.2, 0.25) is 0 Å². The largest absolute Gasteiger partial charge is 0.393 e. The molecule has 1 amide bonds. The maximum absolute atomic E-state index is 12.5. The minimum atomic E-state index is -0.274. The van der Waals surface area contributed by atoms with Gasteiger partial charge in [0.25, 0.3) is 0 Å². The maximum atomic E-state index is 12.5. The first-order chi connectivity index (χ1) is 9.90. The summed E-state index contributed by atoms with van der Waals surface area (Å²) in [6.07, 6.45) is 4.33. The second kappa shape index (κ2) is 7.10. The SMILES string of the molecule is CC(O)C1CCN(C(C)C(=O)NC2CCCC(C)C2C)C1. The number of hydrogen-bond acceptors (Lipinski definition) is 3. The predicted octanol–water partition coefficient (Wildman–Crippen LogP) is 2.02. The quantitative estimate of drug-likeness (QED) is 0.834. The number of rotatable bonds is 4. The number of amides is 1. The first kappa shape index (κ1) is 16.8. The molecule has 6 atom stereocenters. The number of carbonyl (C=O) groups excluding carboxylic acids is 1.